The fourth-order valence-electron chi connectivity index (χ4n) is 1.76. The molecule has 2 nitrogen and oxygen atoms in total. The Morgan fingerprint density at radius 1 is 1.50 bits per heavy atom. The Kier molecular flexibility index (Phi) is 4.21. The molecule has 0 spiro atoms. The third kappa shape index (κ3) is 2.75. The highest BCUT2D eigenvalue weighted by Gasteiger charge is 2.14. The van der Waals surface area contributed by atoms with Crippen molar-refractivity contribution in [3.63, 3.8) is 0 Å². The van der Waals surface area contributed by atoms with Gasteiger partial charge in [0.25, 0.3) is 0 Å². The first-order valence-corrected chi connectivity index (χ1v) is 6.96. The number of hydrogen-bond donors (Lipinski definition) is 1. The fraction of sp³-hybridized carbons (Fsp3) is 0.333. The number of furan rings is 1. The average Bonchev–Trinajstić information content (AvgIpc) is 2.92. The van der Waals surface area contributed by atoms with E-state index in [0.29, 0.717) is 6.04 Å². The summed E-state index contributed by atoms with van der Waals surface area (Å²) in [6.45, 7) is 0. The van der Waals surface area contributed by atoms with Crippen LogP contribution in [0.15, 0.2) is 38.2 Å². The van der Waals surface area contributed by atoms with Crippen molar-refractivity contribution < 1.29 is 4.42 Å². The molecule has 86 valence electrons. The van der Waals surface area contributed by atoms with Gasteiger partial charge in [0.1, 0.15) is 0 Å². The first kappa shape index (κ1) is 11.9. The molecule has 1 unspecified atom stereocenters. The second kappa shape index (κ2) is 5.66. The number of aryl methyl sites for hydroxylation is 1. The van der Waals surface area contributed by atoms with Crippen LogP contribution in [0, 0.1) is 0 Å². The zero-order valence-electron chi connectivity index (χ0n) is 9.07. The van der Waals surface area contributed by atoms with Gasteiger partial charge in [-0.2, -0.15) is 11.3 Å². The molecule has 0 saturated carbocycles. The molecule has 16 heavy (non-hydrogen) atoms. The second-order valence-corrected chi connectivity index (χ2v) is 5.16. The number of halogens is 1. The van der Waals surface area contributed by atoms with E-state index >= 15 is 0 Å². The highest BCUT2D eigenvalue weighted by Crippen LogP contribution is 2.27. The molecule has 1 atom stereocenters. The second-order valence-electron chi connectivity index (χ2n) is 3.66. The molecule has 2 aromatic heterocycles. The first-order chi connectivity index (χ1) is 7.81. The monoisotopic (exact) mass is 299 g/mol. The number of rotatable bonds is 5. The van der Waals surface area contributed by atoms with Crippen molar-refractivity contribution in [2.75, 3.05) is 7.05 Å². The molecule has 0 amide bonds. The Bertz CT molecular complexity index is 424. The molecule has 0 aliphatic carbocycles. The van der Waals surface area contributed by atoms with Gasteiger partial charge in [-0.15, -0.1) is 0 Å². The van der Waals surface area contributed by atoms with Gasteiger partial charge in [0, 0.05) is 11.6 Å². The molecule has 0 radical (unpaired) electrons. The van der Waals surface area contributed by atoms with Crippen molar-refractivity contribution in [3.05, 3.63) is 45.0 Å². The zero-order chi connectivity index (χ0) is 11.4. The van der Waals surface area contributed by atoms with Gasteiger partial charge in [0.15, 0.2) is 4.67 Å². The summed E-state index contributed by atoms with van der Waals surface area (Å²) in [4.78, 5) is 0. The van der Waals surface area contributed by atoms with E-state index < -0.39 is 0 Å². The van der Waals surface area contributed by atoms with Gasteiger partial charge >= 0.3 is 0 Å². The predicted molar refractivity (Wildman–Crippen MR) is 70.8 cm³/mol. The SMILES string of the molecule is CNC(CCc1ccsc1)c1ccoc1Br. The van der Waals surface area contributed by atoms with Gasteiger partial charge in [0.05, 0.1) is 6.26 Å². The lowest BCUT2D eigenvalue weighted by Gasteiger charge is -2.14. The largest absolute Gasteiger partial charge is 0.457 e. The molecule has 4 heteroatoms. The van der Waals surface area contributed by atoms with Crippen LogP contribution in [0.5, 0.6) is 0 Å². The van der Waals surface area contributed by atoms with Crippen LogP contribution in [0.1, 0.15) is 23.6 Å². The normalized spacial score (nSPS) is 12.9. The summed E-state index contributed by atoms with van der Waals surface area (Å²) in [6.07, 6.45) is 3.88. The van der Waals surface area contributed by atoms with Crippen LogP contribution in [-0.2, 0) is 6.42 Å². The first-order valence-electron chi connectivity index (χ1n) is 5.22. The molecule has 0 aliphatic heterocycles. The molecule has 0 bridgehead atoms. The van der Waals surface area contributed by atoms with E-state index in [2.05, 4.69) is 38.1 Å². The Morgan fingerprint density at radius 2 is 2.38 bits per heavy atom. The summed E-state index contributed by atoms with van der Waals surface area (Å²) >= 11 is 5.17. The van der Waals surface area contributed by atoms with Crippen molar-refractivity contribution in [2.24, 2.45) is 0 Å². The maximum absolute atomic E-state index is 5.26. The van der Waals surface area contributed by atoms with Gasteiger partial charge in [-0.3, -0.25) is 0 Å². The van der Waals surface area contributed by atoms with Crippen LogP contribution in [0.3, 0.4) is 0 Å². The molecule has 2 heterocycles. The summed E-state index contributed by atoms with van der Waals surface area (Å²) in [5.41, 5.74) is 2.60. The average molecular weight is 300 g/mol. The lowest BCUT2D eigenvalue weighted by molar-refractivity contribution is 0.506. The smallest absolute Gasteiger partial charge is 0.173 e. The van der Waals surface area contributed by atoms with Crippen LogP contribution in [0.25, 0.3) is 0 Å². The Hall–Kier alpha value is -0.580. The van der Waals surface area contributed by atoms with Crippen LogP contribution in [0.4, 0.5) is 0 Å². The lowest BCUT2D eigenvalue weighted by Crippen LogP contribution is -2.16. The van der Waals surface area contributed by atoms with E-state index in [-0.39, 0.29) is 0 Å². The standard InChI is InChI=1S/C12H14BrNOS/c1-14-11(10-4-6-15-12(10)13)3-2-9-5-7-16-8-9/h4-8,11,14H,2-3H2,1H3. The van der Waals surface area contributed by atoms with Crippen molar-refractivity contribution >= 4 is 27.3 Å². The number of nitrogens with one attached hydrogen (secondary N) is 1. The fourth-order valence-corrected chi connectivity index (χ4v) is 2.97. The Labute approximate surface area is 108 Å². The van der Waals surface area contributed by atoms with E-state index in [0.717, 1.165) is 17.5 Å². The van der Waals surface area contributed by atoms with Crippen LogP contribution >= 0.6 is 27.3 Å². The minimum atomic E-state index is 0.341. The van der Waals surface area contributed by atoms with Gasteiger partial charge in [-0.1, -0.05) is 0 Å². The van der Waals surface area contributed by atoms with E-state index in [1.165, 1.54) is 11.1 Å². The van der Waals surface area contributed by atoms with E-state index in [1.807, 2.05) is 13.1 Å². The zero-order valence-corrected chi connectivity index (χ0v) is 11.5. The van der Waals surface area contributed by atoms with Crippen LogP contribution < -0.4 is 5.32 Å². The van der Waals surface area contributed by atoms with Crippen molar-refractivity contribution in [3.8, 4) is 0 Å². The van der Waals surface area contributed by atoms with Crippen molar-refractivity contribution in [1.29, 1.82) is 0 Å². The molecule has 0 aromatic carbocycles. The van der Waals surface area contributed by atoms with Crippen molar-refractivity contribution in [1.82, 2.24) is 5.32 Å². The highest BCUT2D eigenvalue weighted by atomic mass is 79.9. The maximum Gasteiger partial charge on any atom is 0.173 e. The highest BCUT2D eigenvalue weighted by molar-refractivity contribution is 9.10. The summed E-state index contributed by atoms with van der Waals surface area (Å²) < 4.78 is 6.09. The Morgan fingerprint density at radius 3 is 2.94 bits per heavy atom. The topological polar surface area (TPSA) is 25.2 Å². The van der Waals surface area contributed by atoms with E-state index in [1.54, 1.807) is 17.6 Å². The lowest BCUT2D eigenvalue weighted by atomic mass is 10.0. The predicted octanol–water partition coefficient (Wildman–Crippen LogP) is 4.00. The summed E-state index contributed by atoms with van der Waals surface area (Å²) in [6, 6.07) is 4.54. The molecule has 1 N–H and O–H groups in total. The maximum atomic E-state index is 5.26. The van der Waals surface area contributed by atoms with Gasteiger partial charge < -0.3 is 9.73 Å². The molecule has 2 rings (SSSR count). The third-order valence-electron chi connectivity index (χ3n) is 2.67. The molecular weight excluding hydrogens is 286 g/mol. The summed E-state index contributed by atoms with van der Waals surface area (Å²) in [7, 11) is 1.98. The van der Waals surface area contributed by atoms with Gasteiger partial charge in [0.2, 0.25) is 0 Å². The molecule has 0 aliphatic rings. The summed E-state index contributed by atoms with van der Waals surface area (Å²) in [5.74, 6) is 0. The quantitative estimate of drug-likeness (QED) is 0.903. The molecular formula is C12H14BrNOS. The number of thiophene rings is 1. The minimum Gasteiger partial charge on any atom is -0.457 e. The Balaban J connectivity index is 1.99. The van der Waals surface area contributed by atoms with Gasteiger partial charge in [-0.05, 0) is 64.3 Å². The van der Waals surface area contributed by atoms with Crippen LogP contribution in [-0.4, -0.2) is 7.05 Å². The van der Waals surface area contributed by atoms with Gasteiger partial charge in [-0.25, -0.2) is 0 Å². The van der Waals surface area contributed by atoms with E-state index in [4.69, 9.17) is 4.42 Å². The molecule has 0 saturated heterocycles. The van der Waals surface area contributed by atoms with Crippen LogP contribution in [0.2, 0.25) is 0 Å². The number of hydrogen-bond acceptors (Lipinski definition) is 3. The molecule has 0 fully saturated rings. The minimum absolute atomic E-state index is 0.341. The van der Waals surface area contributed by atoms with E-state index in [9.17, 15) is 0 Å². The molecule has 2 aromatic rings. The van der Waals surface area contributed by atoms with Crippen molar-refractivity contribution in [2.45, 2.75) is 18.9 Å². The summed E-state index contributed by atoms with van der Waals surface area (Å²) in [5, 5.41) is 7.65. The third-order valence-corrected chi connectivity index (χ3v) is 4.05.